The van der Waals surface area contributed by atoms with Crippen LogP contribution in [0.25, 0.3) is 5.57 Å². The number of halogens is 1. The summed E-state index contributed by atoms with van der Waals surface area (Å²) in [5.74, 6) is -0.792. The van der Waals surface area contributed by atoms with E-state index in [2.05, 4.69) is 22.5 Å². The molecule has 2 aromatic rings. The van der Waals surface area contributed by atoms with E-state index in [1.165, 1.54) is 6.08 Å². The second-order valence-corrected chi connectivity index (χ2v) is 6.81. The molecule has 4 nitrogen and oxygen atoms in total. The van der Waals surface area contributed by atoms with Gasteiger partial charge in [-0.1, -0.05) is 52.3 Å². The maximum atomic E-state index is 13.4. The molecule has 0 bridgehead atoms. The number of hydrogen-bond acceptors (Lipinski definition) is 3. The van der Waals surface area contributed by atoms with E-state index in [0.29, 0.717) is 17.7 Å². The Morgan fingerprint density at radius 3 is 2.64 bits per heavy atom. The monoisotopic (exact) mass is 395 g/mol. The summed E-state index contributed by atoms with van der Waals surface area (Å²) in [6, 6.07) is 14.9. The number of nitrogens with zero attached hydrogens (tertiary/aromatic N) is 1. The summed E-state index contributed by atoms with van der Waals surface area (Å²) in [5.41, 5.74) is 1.29. The molecule has 0 saturated heterocycles. The normalized spacial score (nSPS) is 21.3. The van der Waals surface area contributed by atoms with E-state index in [1.807, 2.05) is 48.5 Å². The predicted octanol–water partition coefficient (Wildman–Crippen LogP) is 3.82. The van der Waals surface area contributed by atoms with Crippen molar-refractivity contribution in [3.63, 3.8) is 0 Å². The lowest BCUT2D eigenvalue weighted by Crippen LogP contribution is -2.42. The Labute approximate surface area is 153 Å². The first-order chi connectivity index (χ1) is 12.1. The first-order valence-corrected chi connectivity index (χ1v) is 8.60. The van der Waals surface area contributed by atoms with Gasteiger partial charge in [0.15, 0.2) is 0 Å². The van der Waals surface area contributed by atoms with Gasteiger partial charge in [-0.25, -0.2) is 4.79 Å². The predicted molar refractivity (Wildman–Crippen MR) is 98.9 cm³/mol. The first kappa shape index (κ1) is 15.8. The van der Waals surface area contributed by atoms with Crippen molar-refractivity contribution in [2.45, 2.75) is 5.60 Å². The standard InChI is InChI=1S/C20H14BrNO3/c1-2-10-22-17-9-8-14(21)11-16(17)20(19(22)24)15(12-18(23)25-20)13-6-4-3-5-7-13/h2-9,11-12H,1,10H2/t20-/m1/s1. The maximum Gasteiger partial charge on any atom is 0.332 e. The van der Waals surface area contributed by atoms with Gasteiger partial charge in [-0.3, -0.25) is 4.79 Å². The van der Waals surface area contributed by atoms with Crippen LogP contribution in [0.5, 0.6) is 0 Å². The van der Waals surface area contributed by atoms with E-state index in [4.69, 9.17) is 4.74 Å². The van der Waals surface area contributed by atoms with Crippen molar-refractivity contribution >= 4 is 39.1 Å². The Balaban J connectivity index is 1.99. The number of carbonyl (C=O) groups excluding carboxylic acids is 2. The zero-order valence-corrected chi connectivity index (χ0v) is 14.8. The van der Waals surface area contributed by atoms with Gasteiger partial charge < -0.3 is 9.64 Å². The third-order valence-electron chi connectivity index (χ3n) is 4.47. The second-order valence-electron chi connectivity index (χ2n) is 5.89. The summed E-state index contributed by atoms with van der Waals surface area (Å²) in [7, 11) is 0. The number of esters is 1. The van der Waals surface area contributed by atoms with Crippen LogP contribution in [-0.2, 0) is 19.9 Å². The smallest absolute Gasteiger partial charge is 0.332 e. The van der Waals surface area contributed by atoms with Crippen molar-refractivity contribution in [3.8, 4) is 0 Å². The lowest BCUT2D eigenvalue weighted by atomic mass is 9.84. The Morgan fingerprint density at radius 2 is 1.92 bits per heavy atom. The first-order valence-electron chi connectivity index (χ1n) is 7.81. The van der Waals surface area contributed by atoms with Gasteiger partial charge in [-0.05, 0) is 23.8 Å². The number of ether oxygens (including phenoxy) is 1. The number of anilines is 1. The van der Waals surface area contributed by atoms with Crippen LogP contribution in [-0.4, -0.2) is 18.4 Å². The molecule has 0 radical (unpaired) electrons. The Bertz CT molecular complexity index is 935. The zero-order valence-electron chi connectivity index (χ0n) is 13.2. The molecule has 1 atom stereocenters. The lowest BCUT2D eigenvalue weighted by molar-refractivity contribution is -0.153. The van der Waals surface area contributed by atoms with E-state index < -0.39 is 11.6 Å². The van der Waals surface area contributed by atoms with Crippen LogP contribution in [0.1, 0.15) is 11.1 Å². The van der Waals surface area contributed by atoms with Crippen LogP contribution in [0.4, 0.5) is 5.69 Å². The number of rotatable bonds is 3. The molecule has 2 heterocycles. The zero-order chi connectivity index (χ0) is 17.6. The quantitative estimate of drug-likeness (QED) is 0.586. The summed E-state index contributed by atoms with van der Waals surface area (Å²) in [6.07, 6.45) is 3.07. The van der Waals surface area contributed by atoms with E-state index in [9.17, 15) is 9.59 Å². The second kappa shape index (κ2) is 5.70. The van der Waals surface area contributed by atoms with Crippen molar-refractivity contribution in [1.82, 2.24) is 0 Å². The van der Waals surface area contributed by atoms with Crippen molar-refractivity contribution in [3.05, 3.63) is 82.9 Å². The fourth-order valence-corrected chi connectivity index (χ4v) is 3.83. The van der Waals surface area contributed by atoms with Gasteiger partial charge >= 0.3 is 5.97 Å². The molecule has 0 N–H and O–H groups in total. The number of fused-ring (bicyclic) bond motifs is 2. The van der Waals surface area contributed by atoms with Gasteiger partial charge in [0.2, 0.25) is 5.60 Å². The molecule has 0 unspecified atom stereocenters. The third-order valence-corrected chi connectivity index (χ3v) is 4.96. The minimum Gasteiger partial charge on any atom is -0.436 e. The molecule has 2 aromatic carbocycles. The number of hydrogen-bond donors (Lipinski definition) is 0. The minimum atomic E-state index is -1.44. The summed E-state index contributed by atoms with van der Waals surface area (Å²) in [5, 5.41) is 0. The summed E-state index contributed by atoms with van der Waals surface area (Å²) < 4.78 is 6.48. The molecule has 124 valence electrons. The van der Waals surface area contributed by atoms with Crippen LogP contribution in [0, 0.1) is 0 Å². The van der Waals surface area contributed by atoms with Crippen LogP contribution in [0.3, 0.4) is 0 Å². The molecule has 2 aliphatic heterocycles. The number of benzene rings is 2. The molecule has 0 aromatic heterocycles. The van der Waals surface area contributed by atoms with Gasteiger partial charge in [0.25, 0.3) is 5.91 Å². The van der Waals surface area contributed by atoms with Crippen LogP contribution >= 0.6 is 15.9 Å². The minimum absolute atomic E-state index is 0.276. The molecule has 0 aliphatic carbocycles. The summed E-state index contributed by atoms with van der Waals surface area (Å²) >= 11 is 3.46. The Morgan fingerprint density at radius 1 is 1.16 bits per heavy atom. The molecule has 0 fully saturated rings. The third kappa shape index (κ3) is 2.19. The maximum absolute atomic E-state index is 13.4. The Kier molecular flexibility index (Phi) is 3.62. The van der Waals surface area contributed by atoms with E-state index in [1.54, 1.807) is 11.0 Å². The molecular formula is C20H14BrNO3. The molecule has 1 amide bonds. The van der Waals surface area contributed by atoms with Gasteiger partial charge in [-0.2, -0.15) is 0 Å². The van der Waals surface area contributed by atoms with E-state index in [-0.39, 0.29) is 5.91 Å². The van der Waals surface area contributed by atoms with Crippen LogP contribution < -0.4 is 4.90 Å². The topological polar surface area (TPSA) is 46.6 Å². The van der Waals surface area contributed by atoms with Crippen LogP contribution in [0.2, 0.25) is 0 Å². The van der Waals surface area contributed by atoms with Gasteiger partial charge in [0.05, 0.1) is 5.69 Å². The lowest BCUT2D eigenvalue weighted by Gasteiger charge is -2.26. The highest BCUT2D eigenvalue weighted by molar-refractivity contribution is 9.10. The molecule has 5 heteroatoms. The number of carbonyl (C=O) groups is 2. The molecule has 1 spiro atoms. The van der Waals surface area contributed by atoms with Crippen molar-refractivity contribution in [2.24, 2.45) is 0 Å². The highest BCUT2D eigenvalue weighted by Crippen LogP contribution is 2.53. The summed E-state index contributed by atoms with van der Waals surface area (Å²) in [6.45, 7) is 4.07. The van der Waals surface area contributed by atoms with Gasteiger partial charge in [0, 0.05) is 28.2 Å². The highest BCUT2D eigenvalue weighted by atomic mass is 79.9. The van der Waals surface area contributed by atoms with Gasteiger partial charge in [-0.15, -0.1) is 6.58 Å². The highest BCUT2D eigenvalue weighted by Gasteiger charge is 2.59. The average Bonchev–Trinajstić information content (AvgIpc) is 3.08. The number of amides is 1. The van der Waals surface area contributed by atoms with Crippen molar-refractivity contribution in [1.29, 1.82) is 0 Å². The molecule has 25 heavy (non-hydrogen) atoms. The fourth-order valence-electron chi connectivity index (χ4n) is 3.47. The molecule has 2 aliphatic rings. The Hall–Kier alpha value is -2.66. The van der Waals surface area contributed by atoms with E-state index >= 15 is 0 Å². The van der Waals surface area contributed by atoms with Crippen LogP contribution in [0.15, 0.2) is 71.7 Å². The molecular weight excluding hydrogens is 382 g/mol. The van der Waals surface area contributed by atoms with Gasteiger partial charge in [0.1, 0.15) is 0 Å². The SMILES string of the molecule is C=CCN1C(=O)[C@]2(OC(=O)C=C2c2ccccc2)c2cc(Br)ccc21. The largest absolute Gasteiger partial charge is 0.436 e. The fraction of sp³-hybridized carbons (Fsp3) is 0.100. The average molecular weight is 396 g/mol. The summed E-state index contributed by atoms with van der Waals surface area (Å²) in [4.78, 5) is 27.2. The molecule has 0 saturated carbocycles. The van der Waals surface area contributed by atoms with E-state index in [0.717, 1.165) is 15.7 Å². The van der Waals surface area contributed by atoms with Crippen molar-refractivity contribution < 1.29 is 14.3 Å². The molecule has 4 rings (SSSR count). The van der Waals surface area contributed by atoms with Crippen molar-refractivity contribution in [2.75, 3.05) is 11.4 Å².